The Hall–Kier alpha value is -1.88. The number of fused-ring (bicyclic) bond motifs is 3. The van der Waals surface area contributed by atoms with Crippen molar-refractivity contribution in [3.05, 3.63) is 35.3 Å². The van der Waals surface area contributed by atoms with Crippen LogP contribution in [0.3, 0.4) is 0 Å². The van der Waals surface area contributed by atoms with Crippen molar-refractivity contribution in [2.75, 3.05) is 6.54 Å². The van der Waals surface area contributed by atoms with Gasteiger partial charge in [0.1, 0.15) is 5.82 Å². The molecule has 20 heavy (non-hydrogen) atoms. The molecule has 1 aromatic heterocycles. The van der Waals surface area contributed by atoms with Crippen LogP contribution < -0.4 is 5.32 Å². The Bertz CT molecular complexity index is 680. The van der Waals surface area contributed by atoms with E-state index in [2.05, 4.69) is 10.3 Å². The molecule has 0 spiro atoms. The van der Waals surface area contributed by atoms with Gasteiger partial charge < -0.3 is 15.4 Å². The van der Waals surface area contributed by atoms with Crippen LogP contribution in [0.15, 0.2) is 18.2 Å². The van der Waals surface area contributed by atoms with Gasteiger partial charge in [0, 0.05) is 23.1 Å². The number of hydrogen-bond donors (Lipinski definition) is 3. The number of rotatable bonds is 3. The van der Waals surface area contributed by atoms with Crippen molar-refractivity contribution in [1.82, 2.24) is 10.3 Å². The van der Waals surface area contributed by atoms with Gasteiger partial charge in [-0.05, 0) is 36.6 Å². The summed E-state index contributed by atoms with van der Waals surface area (Å²) < 4.78 is 13.4. The Morgan fingerprint density at radius 2 is 2.30 bits per heavy atom. The molecule has 0 amide bonds. The average molecular weight is 276 g/mol. The first kappa shape index (κ1) is 13.1. The van der Waals surface area contributed by atoms with Crippen LogP contribution in [-0.4, -0.2) is 22.6 Å². The topological polar surface area (TPSA) is 65.1 Å². The normalized spacial score (nSPS) is 21.9. The van der Waals surface area contributed by atoms with E-state index < -0.39 is 11.5 Å². The fraction of sp³-hybridized carbons (Fsp3) is 0.400. The quantitative estimate of drug-likeness (QED) is 0.807. The van der Waals surface area contributed by atoms with Gasteiger partial charge in [0.05, 0.1) is 12.0 Å². The zero-order valence-corrected chi connectivity index (χ0v) is 11.3. The van der Waals surface area contributed by atoms with Gasteiger partial charge in [0.2, 0.25) is 0 Å². The van der Waals surface area contributed by atoms with Crippen molar-refractivity contribution in [3.8, 4) is 0 Å². The SMILES string of the molecule is CCC1(CC(=O)O)NCCc2c1[nH]c1ccc(F)cc21. The molecule has 0 aliphatic carbocycles. The molecule has 0 bridgehead atoms. The van der Waals surface area contributed by atoms with Crippen LogP contribution in [-0.2, 0) is 16.8 Å². The third-order valence-corrected chi connectivity index (χ3v) is 4.24. The first-order valence-corrected chi connectivity index (χ1v) is 6.83. The molecule has 1 aliphatic rings. The van der Waals surface area contributed by atoms with E-state index in [0.29, 0.717) is 13.0 Å². The molecule has 106 valence electrons. The summed E-state index contributed by atoms with van der Waals surface area (Å²) in [5.41, 5.74) is 2.22. The lowest BCUT2D eigenvalue weighted by Gasteiger charge is -2.36. The molecule has 4 nitrogen and oxygen atoms in total. The molecule has 3 N–H and O–H groups in total. The number of carbonyl (C=O) groups is 1. The van der Waals surface area contributed by atoms with Crippen molar-refractivity contribution in [1.29, 1.82) is 0 Å². The van der Waals surface area contributed by atoms with Crippen LogP contribution >= 0.6 is 0 Å². The number of aromatic amines is 1. The minimum atomic E-state index is -0.836. The van der Waals surface area contributed by atoms with E-state index in [4.69, 9.17) is 0 Å². The maximum atomic E-state index is 13.4. The lowest BCUT2D eigenvalue weighted by Crippen LogP contribution is -2.48. The number of aliphatic carboxylic acids is 1. The lowest BCUT2D eigenvalue weighted by atomic mass is 9.82. The molecule has 0 saturated heterocycles. The van der Waals surface area contributed by atoms with Crippen LogP contribution in [0.2, 0.25) is 0 Å². The van der Waals surface area contributed by atoms with Crippen molar-refractivity contribution in [3.63, 3.8) is 0 Å². The van der Waals surface area contributed by atoms with Crippen molar-refractivity contribution >= 4 is 16.9 Å². The highest BCUT2D eigenvalue weighted by Gasteiger charge is 2.39. The summed E-state index contributed by atoms with van der Waals surface area (Å²) in [7, 11) is 0. The maximum absolute atomic E-state index is 13.4. The smallest absolute Gasteiger partial charge is 0.305 e. The number of hydrogen-bond acceptors (Lipinski definition) is 2. The molecule has 0 fully saturated rings. The van der Waals surface area contributed by atoms with E-state index in [9.17, 15) is 14.3 Å². The highest BCUT2D eigenvalue weighted by molar-refractivity contribution is 5.86. The number of halogens is 1. The fourth-order valence-corrected chi connectivity index (χ4v) is 3.24. The molecular weight excluding hydrogens is 259 g/mol. The summed E-state index contributed by atoms with van der Waals surface area (Å²) in [6, 6.07) is 4.66. The highest BCUT2D eigenvalue weighted by atomic mass is 19.1. The second-order valence-electron chi connectivity index (χ2n) is 5.35. The zero-order valence-electron chi connectivity index (χ0n) is 11.3. The van der Waals surface area contributed by atoms with Crippen LogP contribution in [0.4, 0.5) is 4.39 Å². The molecule has 0 radical (unpaired) electrons. The first-order valence-electron chi connectivity index (χ1n) is 6.83. The van der Waals surface area contributed by atoms with Gasteiger partial charge in [-0.1, -0.05) is 6.92 Å². The minimum absolute atomic E-state index is 0.0196. The Morgan fingerprint density at radius 3 is 3.00 bits per heavy atom. The van der Waals surface area contributed by atoms with Gasteiger partial charge in [-0.25, -0.2) is 4.39 Å². The molecule has 1 aliphatic heterocycles. The Kier molecular flexibility index (Phi) is 3.01. The van der Waals surface area contributed by atoms with Crippen LogP contribution in [0.5, 0.6) is 0 Å². The molecule has 1 unspecified atom stereocenters. The third-order valence-electron chi connectivity index (χ3n) is 4.24. The fourth-order valence-electron chi connectivity index (χ4n) is 3.24. The molecule has 3 rings (SSSR count). The molecular formula is C15H17FN2O2. The number of benzene rings is 1. The van der Waals surface area contributed by atoms with E-state index in [0.717, 1.165) is 28.6 Å². The summed E-state index contributed by atoms with van der Waals surface area (Å²) in [5.74, 6) is -1.10. The van der Waals surface area contributed by atoms with Gasteiger partial charge >= 0.3 is 5.97 Å². The van der Waals surface area contributed by atoms with E-state index >= 15 is 0 Å². The van der Waals surface area contributed by atoms with E-state index in [-0.39, 0.29) is 12.2 Å². The van der Waals surface area contributed by atoms with Gasteiger partial charge in [-0.15, -0.1) is 0 Å². The van der Waals surface area contributed by atoms with E-state index in [1.165, 1.54) is 12.1 Å². The number of nitrogens with one attached hydrogen (secondary N) is 2. The van der Waals surface area contributed by atoms with Gasteiger partial charge in [0.25, 0.3) is 0 Å². The Labute approximate surface area is 116 Å². The molecule has 0 saturated carbocycles. The third kappa shape index (κ3) is 1.89. The standard InChI is InChI=1S/C15H17FN2O2/c1-2-15(8-13(19)20)14-10(5-6-17-15)11-7-9(16)3-4-12(11)18-14/h3-4,7,17-18H,2,5-6,8H2,1H3,(H,19,20). The second-order valence-corrected chi connectivity index (χ2v) is 5.35. The summed E-state index contributed by atoms with van der Waals surface area (Å²) in [6.07, 6.45) is 1.47. The highest BCUT2D eigenvalue weighted by Crippen LogP contribution is 2.38. The summed E-state index contributed by atoms with van der Waals surface area (Å²) in [5, 5.41) is 13.4. The zero-order chi connectivity index (χ0) is 14.3. The molecule has 5 heteroatoms. The summed E-state index contributed by atoms with van der Waals surface area (Å²) >= 11 is 0. The predicted octanol–water partition coefficient (Wildman–Crippen LogP) is 2.53. The van der Waals surface area contributed by atoms with Gasteiger partial charge in [-0.3, -0.25) is 4.79 Å². The second kappa shape index (κ2) is 4.59. The molecule has 2 aromatic rings. The van der Waals surface area contributed by atoms with Crippen molar-refractivity contribution < 1.29 is 14.3 Å². The molecule has 1 aromatic carbocycles. The lowest BCUT2D eigenvalue weighted by molar-refractivity contribution is -0.139. The maximum Gasteiger partial charge on any atom is 0.305 e. The van der Waals surface area contributed by atoms with E-state index in [1.54, 1.807) is 6.07 Å². The molecule has 1 atom stereocenters. The van der Waals surface area contributed by atoms with Crippen LogP contribution in [0.1, 0.15) is 31.0 Å². The monoisotopic (exact) mass is 276 g/mol. The Morgan fingerprint density at radius 1 is 1.50 bits per heavy atom. The summed E-state index contributed by atoms with van der Waals surface area (Å²) in [4.78, 5) is 14.5. The number of H-pyrrole nitrogens is 1. The van der Waals surface area contributed by atoms with Gasteiger partial charge in [0.15, 0.2) is 0 Å². The van der Waals surface area contributed by atoms with Gasteiger partial charge in [-0.2, -0.15) is 0 Å². The number of aromatic nitrogens is 1. The number of carboxylic acid groups (broad SMARTS) is 1. The van der Waals surface area contributed by atoms with Crippen LogP contribution in [0.25, 0.3) is 10.9 Å². The summed E-state index contributed by atoms with van der Waals surface area (Å²) in [6.45, 7) is 2.68. The Balaban J connectivity index is 2.21. The minimum Gasteiger partial charge on any atom is -0.481 e. The van der Waals surface area contributed by atoms with Crippen molar-refractivity contribution in [2.45, 2.75) is 31.7 Å². The largest absolute Gasteiger partial charge is 0.481 e. The molecule has 2 heterocycles. The van der Waals surface area contributed by atoms with E-state index in [1.807, 2.05) is 6.92 Å². The number of carboxylic acids is 1. The first-order chi connectivity index (χ1) is 9.55. The van der Waals surface area contributed by atoms with Crippen molar-refractivity contribution in [2.24, 2.45) is 0 Å². The predicted molar refractivity (Wildman–Crippen MR) is 74.2 cm³/mol. The van der Waals surface area contributed by atoms with Crippen LogP contribution in [0, 0.1) is 5.82 Å². The average Bonchev–Trinajstić information content (AvgIpc) is 2.78.